The van der Waals surface area contributed by atoms with E-state index in [-0.39, 0.29) is 17.0 Å². The Morgan fingerprint density at radius 1 is 0.912 bits per heavy atom. The highest BCUT2D eigenvalue weighted by molar-refractivity contribution is 5.85. The molecule has 2 heteroatoms. The molecule has 4 unspecified atom stereocenters. The SMILES string of the molecule is C/C=C/CCc1ccc2cc(C3CCC4CC(CCCCCCC)CCC4C3)cc(F)c2c1F. The van der Waals surface area contributed by atoms with Gasteiger partial charge in [0.1, 0.15) is 11.6 Å². The van der Waals surface area contributed by atoms with Crippen LogP contribution >= 0.6 is 0 Å². The van der Waals surface area contributed by atoms with Gasteiger partial charge in [-0.05, 0) is 98.1 Å². The summed E-state index contributed by atoms with van der Waals surface area (Å²) in [6, 6.07) is 7.50. The molecule has 2 fully saturated rings. The standard InChI is InChI=1S/C32H44F2/c1-3-5-7-8-10-11-23-13-14-26-20-27(17-16-25(26)19-23)29-21-28-18-15-24(12-9-6-4-2)32(34)31(28)30(33)22-29/h4,6,15,18,21-23,25-27H,3,5,7-14,16-17,19-20H2,1-2H3/b6-4+. The molecule has 4 rings (SSSR count). The van der Waals surface area contributed by atoms with Gasteiger partial charge in [-0.2, -0.15) is 0 Å². The van der Waals surface area contributed by atoms with Gasteiger partial charge in [0.05, 0.1) is 5.39 Å². The molecule has 2 aromatic carbocycles. The van der Waals surface area contributed by atoms with Gasteiger partial charge >= 0.3 is 0 Å². The van der Waals surface area contributed by atoms with Crippen molar-refractivity contribution in [3.05, 3.63) is 59.2 Å². The van der Waals surface area contributed by atoms with E-state index in [4.69, 9.17) is 0 Å². The zero-order chi connectivity index (χ0) is 23.9. The van der Waals surface area contributed by atoms with Crippen LogP contribution in [0.3, 0.4) is 0 Å². The number of benzene rings is 2. The first-order valence-electron chi connectivity index (χ1n) is 14.1. The normalized spacial score (nSPS) is 25.2. The molecule has 186 valence electrons. The van der Waals surface area contributed by atoms with Crippen LogP contribution in [0.1, 0.15) is 114 Å². The van der Waals surface area contributed by atoms with Crippen molar-refractivity contribution in [2.75, 3.05) is 0 Å². The van der Waals surface area contributed by atoms with Gasteiger partial charge in [-0.3, -0.25) is 0 Å². The summed E-state index contributed by atoms with van der Waals surface area (Å²) < 4.78 is 30.2. The lowest BCUT2D eigenvalue weighted by atomic mass is 9.63. The number of halogens is 2. The maximum atomic E-state index is 15.2. The number of allylic oxidation sites excluding steroid dienone is 2. The van der Waals surface area contributed by atoms with Gasteiger partial charge in [0.25, 0.3) is 0 Å². The van der Waals surface area contributed by atoms with Crippen LogP contribution in [-0.4, -0.2) is 0 Å². The Balaban J connectivity index is 1.38. The smallest absolute Gasteiger partial charge is 0.137 e. The number of fused-ring (bicyclic) bond motifs is 2. The lowest BCUT2D eigenvalue weighted by molar-refractivity contribution is 0.113. The molecule has 0 aliphatic heterocycles. The van der Waals surface area contributed by atoms with Crippen molar-refractivity contribution in [3.63, 3.8) is 0 Å². The molecular formula is C32H44F2. The van der Waals surface area contributed by atoms with Crippen LogP contribution in [-0.2, 0) is 6.42 Å². The summed E-state index contributed by atoms with van der Waals surface area (Å²) >= 11 is 0. The summed E-state index contributed by atoms with van der Waals surface area (Å²) in [5.74, 6) is 2.26. The number of hydrogen-bond acceptors (Lipinski definition) is 0. The Kier molecular flexibility index (Phi) is 9.20. The number of unbranched alkanes of at least 4 members (excludes halogenated alkanes) is 4. The van der Waals surface area contributed by atoms with Crippen molar-refractivity contribution in [2.24, 2.45) is 17.8 Å². The van der Waals surface area contributed by atoms with E-state index in [1.165, 1.54) is 70.6 Å². The molecule has 2 aliphatic carbocycles. The fourth-order valence-electron chi connectivity index (χ4n) is 6.86. The number of hydrogen-bond donors (Lipinski definition) is 0. The van der Waals surface area contributed by atoms with E-state index in [9.17, 15) is 0 Å². The number of aryl methyl sites for hydroxylation is 1. The number of rotatable bonds is 10. The molecule has 0 saturated heterocycles. The second-order valence-electron chi connectivity index (χ2n) is 11.2. The third-order valence-corrected chi connectivity index (χ3v) is 8.83. The quantitative estimate of drug-likeness (QED) is 0.241. The van der Waals surface area contributed by atoms with Gasteiger partial charge in [-0.1, -0.05) is 82.2 Å². The Labute approximate surface area is 206 Å². The molecule has 0 bridgehead atoms. The second kappa shape index (κ2) is 12.3. The van der Waals surface area contributed by atoms with Gasteiger partial charge in [-0.25, -0.2) is 8.78 Å². The van der Waals surface area contributed by atoms with Gasteiger partial charge in [0.15, 0.2) is 0 Å². The molecule has 0 N–H and O–H groups in total. The monoisotopic (exact) mass is 466 g/mol. The Hall–Kier alpha value is -1.70. The summed E-state index contributed by atoms with van der Waals surface area (Å²) in [7, 11) is 0. The minimum atomic E-state index is -0.383. The predicted octanol–water partition coefficient (Wildman–Crippen LogP) is 10.3. The molecule has 0 nitrogen and oxygen atoms in total. The van der Waals surface area contributed by atoms with E-state index < -0.39 is 0 Å². The van der Waals surface area contributed by atoms with Crippen LogP contribution in [0.5, 0.6) is 0 Å². The van der Waals surface area contributed by atoms with Crippen LogP contribution in [0.4, 0.5) is 8.78 Å². The molecule has 0 heterocycles. The first-order chi connectivity index (χ1) is 16.6. The summed E-state index contributed by atoms with van der Waals surface area (Å²) in [6.45, 7) is 4.25. The van der Waals surface area contributed by atoms with E-state index >= 15 is 8.78 Å². The van der Waals surface area contributed by atoms with E-state index in [0.29, 0.717) is 17.9 Å². The first-order valence-corrected chi connectivity index (χ1v) is 14.1. The van der Waals surface area contributed by atoms with Crippen molar-refractivity contribution in [3.8, 4) is 0 Å². The molecule has 2 aromatic rings. The highest BCUT2D eigenvalue weighted by atomic mass is 19.1. The highest BCUT2D eigenvalue weighted by Gasteiger charge is 2.36. The van der Waals surface area contributed by atoms with Gasteiger partial charge in [0.2, 0.25) is 0 Å². The minimum Gasteiger partial charge on any atom is -0.206 e. The Morgan fingerprint density at radius 2 is 1.71 bits per heavy atom. The van der Waals surface area contributed by atoms with Crippen LogP contribution in [0.25, 0.3) is 10.8 Å². The lowest BCUT2D eigenvalue weighted by Crippen LogP contribution is -2.30. The maximum Gasteiger partial charge on any atom is 0.137 e. The lowest BCUT2D eigenvalue weighted by Gasteiger charge is -2.42. The zero-order valence-electron chi connectivity index (χ0n) is 21.4. The van der Waals surface area contributed by atoms with E-state index in [2.05, 4.69) is 13.0 Å². The molecular weight excluding hydrogens is 422 g/mol. The van der Waals surface area contributed by atoms with Crippen molar-refractivity contribution in [1.82, 2.24) is 0 Å². The fraction of sp³-hybridized carbons (Fsp3) is 0.625. The molecule has 2 saturated carbocycles. The predicted molar refractivity (Wildman–Crippen MR) is 141 cm³/mol. The average Bonchev–Trinajstić information content (AvgIpc) is 2.84. The second-order valence-corrected chi connectivity index (χ2v) is 11.2. The summed E-state index contributed by atoms with van der Waals surface area (Å²) in [5, 5.41) is 0.894. The highest BCUT2D eigenvalue weighted by Crippen LogP contribution is 2.49. The van der Waals surface area contributed by atoms with Crippen molar-refractivity contribution < 1.29 is 8.78 Å². The van der Waals surface area contributed by atoms with E-state index in [0.717, 1.165) is 41.5 Å². The summed E-state index contributed by atoms with van der Waals surface area (Å²) in [5.41, 5.74) is 1.70. The molecule has 4 atom stereocenters. The van der Waals surface area contributed by atoms with Crippen LogP contribution in [0, 0.1) is 29.4 Å². The molecule has 2 aliphatic rings. The molecule has 34 heavy (non-hydrogen) atoms. The molecule has 0 radical (unpaired) electrons. The van der Waals surface area contributed by atoms with Gasteiger partial charge in [-0.15, -0.1) is 0 Å². The van der Waals surface area contributed by atoms with Crippen molar-refractivity contribution >= 4 is 10.8 Å². The van der Waals surface area contributed by atoms with E-state index in [1.807, 2.05) is 31.2 Å². The van der Waals surface area contributed by atoms with Crippen LogP contribution in [0.15, 0.2) is 36.4 Å². The molecule has 0 spiro atoms. The van der Waals surface area contributed by atoms with Crippen LogP contribution < -0.4 is 0 Å². The minimum absolute atomic E-state index is 0.176. The first kappa shape index (κ1) is 25.4. The zero-order valence-corrected chi connectivity index (χ0v) is 21.4. The topological polar surface area (TPSA) is 0 Å². The molecule has 0 amide bonds. The summed E-state index contributed by atoms with van der Waals surface area (Å²) in [4.78, 5) is 0. The largest absolute Gasteiger partial charge is 0.206 e. The van der Waals surface area contributed by atoms with Gasteiger partial charge in [0, 0.05) is 0 Å². The van der Waals surface area contributed by atoms with Crippen LogP contribution in [0.2, 0.25) is 0 Å². The van der Waals surface area contributed by atoms with Crippen molar-refractivity contribution in [1.29, 1.82) is 0 Å². The fourth-order valence-corrected chi connectivity index (χ4v) is 6.86. The summed E-state index contributed by atoms with van der Waals surface area (Å²) in [6.07, 6.45) is 21.5. The van der Waals surface area contributed by atoms with E-state index in [1.54, 1.807) is 6.07 Å². The Bertz CT molecular complexity index is 959. The Morgan fingerprint density at radius 3 is 2.53 bits per heavy atom. The third-order valence-electron chi connectivity index (χ3n) is 8.83. The van der Waals surface area contributed by atoms with Crippen molar-refractivity contribution in [2.45, 2.75) is 110 Å². The molecule has 0 aromatic heterocycles. The average molecular weight is 467 g/mol. The third kappa shape index (κ3) is 6.10. The van der Waals surface area contributed by atoms with Gasteiger partial charge < -0.3 is 0 Å². The maximum absolute atomic E-state index is 15.2.